The fourth-order valence-electron chi connectivity index (χ4n) is 10.5. The summed E-state index contributed by atoms with van der Waals surface area (Å²) in [5, 5.41) is 4.93. The molecule has 11 aromatic carbocycles. The lowest BCUT2D eigenvalue weighted by Crippen LogP contribution is -2.09. The highest BCUT2D eigenvalue weighted by Crippen LogP contribution is 2.47. The highest BCUT2D eigenvalue weighted by molar-refractivity contribution is 6.02. The number of aryl methyl sites for hydroxylation is 3. The van der Waals surface area contributed by atoms with Crippen LogP contribution in [0.4, 0.5) is 17.1 Å². The lowest BCUT2D eigenvalue weighted by molar-refractivity contribution is 0.316. The molecule has 2 heteroatoms. The molecule has 0 saturated carbocycles. The molecule has 0 bridgehead atoms. The molecule has 0 unspecified atom stereocenters. The third-order valence-corrected chi connectivity index (χ3v) is 14.0. The quantitative estimate of drug-likeness (QED) is 0.165. The van der Waals surface area contributed by atoms with Crippen LogP contribution in [0.15, 0.2) is 237 Å². The number of anilines is 3. The Labute approximate surface area is 405 Å². The number of hydrogen-bond donors (Lipinski definition) is 0. The molecule has 0 N–H and O–H groups in total. The second kappa shape index (κ2) is 18.0. The first-order valence-electron chi connectivity index (χ1n) is 24.2. The first kappa shape index (κ1) is 41.9. The van der Waals surface area contributed by atoms with Gasteiger partial charge in [0.25, 0.3) is 0 Å². The summed E-state index contributed by atoms with van der Waals surface area (Å²) in [4.78, 5) is 2.35. The third kappa shape index (κ3) is 8.04. The van der Waals surface area contributed by atoms with Gasteiger partial charge in [-0.3, -0.25) is 0 Å². The van der Waals surface area contributed by atoms with E-state index in [-0.39, 0.29) is 0 Å². The molecule has 2 nitrogen and oxygen atoms in total. The molecule has 0 aromatic heterocycles. The molecule has 0 spiro atoms. The van der Waals surface area contributed by atoms with Crippen molar-refractivity contribution in [3.8, 4) is 72.5 Å². The minimum Gasteiger partial charge on any atom is -0.492 e. The molecule has 330 valence electrons. The maximum Gasteiger partial charge on any atom is 0.134 e. The summed E-state index contributed by atoms with van der Waals surface area (Å²) in [6.07, 6.45) is 1.81. The van der Waals surface area contributed by atoms with Crippen molar-refractivity contribution < 1.29 is 4.74 Å². The minimum absolute atomic E-state index is 0.611. The van der Waals surface area contributed by atoms with E-state index < -0.39 is 0 Å². The van der Waals surface area contributed by atoms with Crippen LogP contribution in [0.3, 0.4) is 0 Å². The highest BCUT2D eigenvalue weighted by atomic mass is 16.5. The summed E-state index contributed by atoms with van der Waals surface area (Å²) in [7, 11) is 0. The molecule has 1 aliphatic rings. The Hall–Kier alpha value is -8.46. The van der Waals surface area contributed by atoms with Gasteiger partial charge in [-0.25, -0.2) is 0 Å². The summed E-state index contributed by atoms with van der Waals surface area (Å²) in [6.45, 7) is 4.95. The van der Waals surface area contributed by atoms with Gasteiger partial charge in [0, 0.05) is 28.0 Å². The zero-order valence-corrected chi connectivity index (χ0v) is 39.0. The van der Waals surface area contributed by atoms with Crippen LogP contribution in [0.5, 0.6) is 5.75 Å². The summed E-state index contributed by atoms with van der Waals surface area (Å²) >= 11 is 0. The van der Waals surface area contributed by atoms with Crippen LogP contribution in [-0.4, -0.2) is 6.61 Å². The van der Waals surface area contributed by atoms with Crippen molar-refractivity contribution in [3.05, 3.63) is 253 Å². The lowest BCUT2D eigenvalue weighted by Gasteiger charge is -2.26. The van der Waals surface area contributed by atoms with Crippen LogP contribution in [0.1, 0.15) is 23.1 Å². The van der Waals surface area contributed by atoms with Crippen molar-refractivity contribution in [2.45, 2.75) is 26.7 Å². The maximum absolute atomic E-state index is 7.04. The summed E-state index contributed by atoms with van der Waals surface area (Å²) < 4.78 is 7.04. The fraction of sp³-hybridized carbons (Fsp3) is 0.0746. The second-order valence-electron chi connectivity index (χ2n) is 18.4. The number of rotatable bonds is 6. The van der Waals surface area contributed by atoms with Crippen LogP contribution < -0.4 is 9.64 Å². The Kier molecular flexibility index (Phi) is 10.9. The Balaban J connectivity index is 0.992. The molecule has 0 aliphatic carbocycles. The third-order valence-electron chi connectivity index (χ3n) is 14.0. The van der Waals surface area contributed by atoms with Gasteiger partial charge in [-0.2, -0.15) is 0 Å². The van der Waals surface area contributed by atoms with Gasteiger partial charge in [0.15, 0.2) is 0 Å². The van der Waals surface area contributed by atoms with Gasteiger partial charge in [-0.15, -0.1) is 0 Å². The van der Waals surface area contributed by atoms with E-state index in [2.05, 4.69) is 255 Å². The van der Waals surface area contributed by atoms with Gasteiger partial charge in [-0.05, 0) is 158 Å². The molecule has 69 heavy (non-hydrogen) atoms. The average molecular weight is 886 g/mol. The maximum atomic E-state index is 7.04. The molecular formula is C67H51NO. The van der Waals surface area contributed by atoms with Crippen LogP contribution in [0, 0.1) is 13.8 Å². The largest absolute Gasteiger partial charge is 0.492 e. The van der Waals surface area contributed by atoms with Crippen molar-refractivity contribution in [1.82, 2.24) is 0 Å². The summed E-state index contributed by atoms with van der Waals surface area (Å²) in [5.41, 5.74) is 21.4. The van der Waals surface area contributed by atoms with E-state index in [0.717, 1.165) is 63.3 Å². The standard InChI is InChI=1S/C67H51NO/c1-45-19-36-58-53(42-45)28-39-63-60(58)18-11-41-69-67-59-37-20-46(2)43-54(59)29-40-65(67)66-44-52(27-38-64(66)62-17-10-9-16-61(62)63)51-25-34-57(35-26-51)68(55-30-21-49(22-31-55)47-12-5-3-6-13-47)56-32-23-50(24-33-56)48-14-7-4-8-15-48/h3-10,12-17,19-40,42-44H,11,18,41H2,1-2H3. The van der Waals surface area contributed by atoms with E-state index in [9.17, 15) is 0 Å². The predicted molar refractivity (Wildman–Crippen MR) is 292 cm³/mol. The van der Waals surface area contributed by atoms with Gasteiger partial charge in [0.2, 0.25) is 0 Å². The Morgan fingerprint density at radius 2 is 0.768 bits per heavy atom. The van der Waals surface area contributed by atoms with Crippen LogP contribution >= 0.6 is 0 Å². The average Bonchev–Trinajstić information content (AvgIpc) is 3.40. The molecule has 0 radical (unpaired) electrons. The van der Waals surface area contributed by atoms with Gasteiger partial charge < -0.3 is 9.64 Å². The van der Waals surface area contributed by atoms with Crippen LogP contribution in [-0.2, 0) is 6.42 Å². The van der Waals surface area contributed by atoms with E-state index in [4.69, 9.17) is 4.74 Å². The zero-order chi connectivity index (χ0) is 46.3. The van der Waals surface area contributed by atoms with Crippen molar-refractivity contribution in [1.29, 1.82) is 0 Å². The second-order valence-corrected chi connectivity index (χ2v) is 18.4. The van der Waals surface area contributed by atoms with E-state index in [0.29, 0.717) is 6.61 Å². The number of hydrogen-bond acceptors (Lipinski definition) is 2. The van der Waals surface area contributed by atoms with Crippen molar-refractivity contribution >= 4 is 38.6 Å². The topological polar surface area (TPSA) is 12.5 Å². The van der Waals surface area contributed by atoms with E-state index in [1.807, 2.05) is 0 Å². The molecule has 0 atom stereocenters. The minimum atomic E-state index is 0.611. The number of nitrogens with zero attached hydrogens (tertiary/aromatic N) is 1. The number of ether oxygens (including phenoxy) is 1. The van der Waals surface area contributed by atoms with Crippen molar-refractivity contribution in [2.24, 2.45) is 0 Å². The van der Waals surface area contributed by atoms with E-state index in [1.165, 1.54) is 77.4 Å². The zero-order valence-electron chi connectivity index (χ0n) is 39.0. The first-order valence-corrected chi connectivity index (χ1v) is 24.2. The molecule has 0 saturated heterocycles. The van der Waals surface area contributed by atoms with E-state index >= 15 is 0 Å². The summed E-state index contributed by atoms with van der Waals surface area (Å²) in [6, 6.07) is 86.9. The van der Waals surface area contributed by atoms with E-state index in [1.54, 1.807) is 0 Å². The van der Waals surface area contributed by atoms with Crippen LogP contribution in [0.2, 0.25) is 0 Å². The van der Waals surface area contributed by atoms with Crippen molar-refractivity contribution in [3.63, 3.8) is 0 Å². The van der Waals surface area contributed by atoms with Crippen LogP contribution in [0.25, 0.3) is 88.3 Å². The SMILES string of the molecule is Cc1ccc2c3c(ccc2c1)-c1ccccc1-c1ccc(-c2ccc(N(c4ccc(-c5ccccc5)cc4)c4ccc(-c5ccccc5)cc4)cc2)cc1-c1ccc2cc(C)ccc2c1OCCC3. The summed E-state index contributed by atoms with van der Waals surface area (Å²) in [5.74, 6) is 0.945. The first-order chi connectivity index (χ1) is 34.0. The van der Waals surface area contributed by atoms with Gasteiger partial charge in [-0.1, -0.05) is 199 Å². The molecular weight excluding hydrogens is 835 g/mol. The van der Waals surface area contributed by atoms with Gasteiger partial charge in [0.05, 0.1) is 6.61 Å². The number of fused-ring (bicyclic) bond motifs is 11. The normalized spacial score (nSPS) is 12.1. The molecule has 1 heterocycles. The number of benzene rings is 11. The molecule has 11 aromatic rings. The molecule has 0 amide bonds. The predicted octanol–water partition coefficient (Wildman–Crippen LogP) is 18.4. The highest BCUT2D eigenvalue weighted by Gasteiger charge is 2.22. The van der Waals surface area contributed by atoms with Crippen molar-refractivity contribution in [2.75, 3.05) is 11.5 Å². The monoisotopic (exact) mass is 885 g/mol. The van der Waals surface area contributed by atoms with Gasteiger partial charge in [0.1, 0.15) is 5.75 Å². The smallest absolute Gasteiger partial charge is 0.134 e. The molecule has 0 fully saturated rings. The fourth-order valence-corrected chi connectivity index (χ4v) is 10.5. The Bertz CT molecular complexity index is 3570. The Morgan fingerprint density at radius 1 is 0.333 bits per heavy atom. The Morgan fingerprint density at radius 3 is 1.35 bits per heavy atom. The molecule has 12 rings (SSSR count). The molecule has 1 aliphatic heterocycles. The lowest BCUT2D eigenvalue weighted by atomic mass is 9.84. The van der Waals surface area contributed by atoms with Gasteiger partial charge >= 0.3 is 0 Å².